The van der Waals surface area contributed by atoms with Gasteiger partial charge in [-0.15, -0.1) is 0 Å². The molecule has 2 aromatic carbocycles. The molecule has 0 saturated heterocycles. The first-order valence-corrected chi connectivity index (χ1v) is 7.04. The third-order valence-corrected chi connectivity index (χ3v) is 3.77. The molecule has 21 heavy (non-hydrogen) atoms. The number of hydrogen-bond donors (Lipinski definition) is 1. The third-order valence-electron chi connectivity index (χ3n) is 3.77. The molecule has 0 unspecified atom stereocenters. The van der Waals surface area contributed by atoms with Crippen molar-refractivity contribution in [1.29, 1.82) is 0 Å². The maximum atomic E-state index is 4.69. The molecule has 2 aromatic heterocycles. The van der Waals surface area contributed by atoms with Crippen molar-refractivity contribution in [2.75, 3.05) is 0 Å². The summed E-state index contributed by atoms with van der Waals surface area (Å²) in [5.74, 6) is 0.782. The molecule has 1 N–H and O–H groups in total. The van der Waals surface area contributed by atoms with Gasteiger partial charge in [-0.05, 0) is 26.0 Å². The van der Waals surface area contributed by atoms with Crippen LogP contribution < -0.4 is 0 Å². The molecule has 3 heteroatoms. The molecule has 3 nitrogen and oxygen atoms in total. The van der Waals surface area contributed by atoms with Gasteiger partial charge in [0.2, 0.25) is 0 Å². The zero-order chi connectivity index (χ0) is 14.4. The Morgan fingerprint density at radius 3 is 2.52 bits per heavy atom. The largest absolute Gasteiger partial charge is 0.339 e. The Bertz CT molecular complexity index is 952. The molecule has 0 radical (unpaired) electrons. The standard InChI is InChI=1S/C18H15N3/c1-11-8-9-15-14(10-11)16-17(13-6-4-3-5-7-13)19-12(2)20-18(16)21-15/h3-10H,1-2H3,(H,19,20,21). The van der Waals surface area contributed by atoms with Crippen LogP contribution in [0.4, 0.5) is 0 Å². The fourth-order valence-electron chi connectivity index (χ4n) is 2.82. The zero-order valence-electron chi connectivity index (χ0n) is 12.0. The van der Waals surface area contributed by atoms with Gasteiger partial charge in [0.05, 0.1) is 11.1 Å². The third kappa shape index (κ3) is 1.89. The predicted octanol–water partition coefficient (Wildman–Crippen LogP) is 4.39. The summed E-state index contributed by atoms with van der Waals surface area (Å²) in [5, 5.41) is 2.29. The fourth-order valence-corrected chi connectivity index (χ4v) is 2.82. The molecule has 0 aliphatic carbocycles. The summed E-state index contributed by atoms with van der Waals surface area (Å²) >= 11 is 0. The first kappa shape index (κ1) is 12.1. The maximum Gasteiger partial charge on any atom is 0.142 e. The Balaban J connectivity index is 2.18. The molecule has 0 aliphatic rings. The number of nitrogens with one attached hydrogen (secondary N) is 1. The van der Waals surface area contributed by atoms with Crippen LogP contribution >= 0.6 is 0 Å². The van der Waals surface area contributed by atoms with Crippen LogP contribution in [0, 0.1) is 13.8 Å². The average Bonchev–Trinajstić information content (AvgIpc) is 2.84. The van der Waals surface area contributed by atoms with Gasteiger partial charge in [-0.25, -0.2) is 9.97 Å². The molecule has 0 fully saturated rings. The summed E-state index contributed by atoms with van der Waals surface area (Å²) in [5.41, 5.74) is 5.36. The van der Waals surface area contributed by atoms with Gasteiger partial charge in [-0.1, -0.05) is 42.0 Å². The SMILES string of the molecule is Cc1ccc2[nH]c3nc(C)nc(-c4ccccc4)c3c2c1. The topological polar surface area (TPSA) is 41.6 Å². The number of H-pyrrole nitrogens is 1. The van der Waals surface area contributed by atoms with Crippen molar-refractivity contribution in [2.24, 2.45) is 0 Å². The molecule has 2 heterocycles. The molecule has 0 amide bonds. The summed E-state index contributed by atoms with van der Waals surface area (Å²) < 4.78 is 0. The van der Waals surface area contributed by atoms with Crippen molar-refractivity contribution < 1.29 is 0 Å². The van der Waals surface area contributed by atoms with Gasteiger partial charge < -0.3 is 4.98 Å². The van der Waals surface area contributed by atoms with Gasteiger partial charge in [0.25, 0.3) is 0 Å². The Hall–Kier alpha value is -2.68. The van der Waals surface area contributed by atoms with E-state index < -0.39 is 0 Å². The van der Waals surface area contributed by atoms with Gasteiger partial charge in [0.15, 0.2) is 0 Å². The smallest absolute Gasteiger partial charge is 0.142 e. The second-order valence-corrected chi connectivity index (χ2v) is 5.38. The van der Waals surface area contributed by atoms with E-state index in [2.05, 4.69) is 47.2 Å². The Morgan fingerprint density at radius 1 is 0.905 bits per heavy atom. The second kappa shape index (κ2) is 4.42. The van der Waals surface area contributed by atoms with Crippen LogP contribution in [0.15, 0.2) is 48.5 Å². The van der Waals surface area contributed by atoms with Gasteiger partial charge in [0, 0.05) is 16.5 Å². The Morgan fingerprint density at radius 2 is 1.71 bits per heavy atom. The van der Waals surface area contributed by atoms with Crippen LogP contribution in [0.5, 0.6) is 0 Å². The predicted molar refractivity (Wildman–Crippen MR) is 86.3 cm³/mol. The van der Waals surface area contributed by atoms with Crippen LogP contribution in [-0.4, -0.2) is 15.0 Å². The highest BCUT2D eigenvalue weighted by Gasteiger charge is 2.13. The van der Waals surface area contributed by atoms with E-state index in [4.69, 9.17) is 4.98 Å². The minimum absolute atomic E-state index is 0.782. The van der Waals surface area contributed by atoms with Gasteiger partial charge in [-0.3, -0.25) is 0 Å². The molecule has 4 rings (SSSR count). The summed E-state index contributed by atoms with van der Waals surface area (Å²) in [6.07, 6.45) is 0. The number of hydrogen-bond acceptors (Lipinski definition) is 2. The lowest BCUT2D eigenvalue weighted by molar-refractivity contribution is 1.09. The van der Waals surface area contributed by atoms with Gasteiger partial charge in [-0.2, -0.15) is 0 Å². The van der Waals surface area contributed by atoms with E-state index in [1.165, 1.54) is 10.9 Å². The minimum atomic E-state index is 0.782. The summed E-state index contributed by atoms with van der Waals surface area (Å²) in [4.78, 5) is 12.7. The van der Waals surface area contributed by atoms with Crippen molar-refractivity contribution in [3.63, 3.8) is 0 Å². The summed E-state index contributed by atoms with van der Waals surface area (Å²) in [6.45, 7) is 4.04. The van der Waals surface area contributed by atoms with Crippen LogP contribution in [0.25, 0.3) is 33.2 Å². The number of benzene rings is 2. The quantitative estimate of drug-likeness (QED) is 0.558. The van der Waals surface area contributed by atoms with E-state index in [-0.39, 0.29) is 0 Å². The zero-order valence-corrected chi connectivity index (χ0v) is 12.0. The second-order valence-electron chi connectivity index (χ2n) is 5.38. The Kier molecular flexibility index (Phi) is 2.54. The number of fused-ring (bicyclic) bond motifs is 3. The van der Waals surface area contributed by atoms with Crippen molar-refractivity contribution in [1.82, 2.24) is 15.0 Å². The highest BCUT2D eigenvalue weighted by atomic mass is 14.9. The van der Waals surface area contributed by atoms with Crippen molar-refractivity contribution in [3.05, 3.63) is 59.9 Å². The number of aryl methyl sites for hydroxylation is 2. The van der Waals surface area contributed by atoms with E-state index in [9.17, 15) is 0 Å². The monoisotopic (exact) mass is 273 g/mol. The van der Waals surface area contributed by atoms with Crippen molar-refractivity contribution in [2.45, 2.75) is 13.8 Å². The normalized spacial score (nSPS) is 11.3. The van der Waals surface area contributed by atoms with Crippen LogP contribution in [0.1, 0.15) is 11.4 Å². The summed E-state index contributed by atoms with van der Waals surface area (Å²) in [7, 11) is 0. The molecule has 0 saturated carbocycles. The van der Waals surface area contributed by atoms with Crippen molar-refractivity contribution in [3.8, 4) is 11.3 Å². The van der Waals surface area contributed by atoms with Crippen LogP contribution in [-0.2, 0) is 0 Å². The molecule has 0 aliphatic heterocycles. The van der Waals surface area contributed by atoms with Crippen LogP contribution in [0.3, 0.4) is 0 Å². The molecule has 0 spiro atoms. The average molecular weight is 273 g/mol. The van der Waals surface area contributed by atoms with E-state index in [1.807, 2.05) is 25.1 Å². The molecule has 0 bridgehead atoms. The highest BCUT2D eigenvalue weighted by Crippen LogP contribution is 2.32. The number of aromatic amines is 1. The minimum Gasteiger partial charge on any atom is -0.339 e. The number of rotatable bonds is 1. The Labute approximate surface area is 122 Å². The summed E-state index contributed by atoms with van der Waals surface area (Å²) in [6, 6.07) is 16.7. The number of nitrogens with zero attached hydrogens (tertiary/aromatic N) is 2. The lowest BCUT2D eigenvalue weighted by Gasteiger charge is -2.04. The first-order chi connectivity index (χ1) is 10.2. The van der Waals surface area contributed by atoms with Crippen molar-refractivity contribution >= 4 is 21.9 Å². The fraction of sp³-hybridized carbons (Fsp3) is 0.111. The molecule has 4 aromatic rings. The highest BCUT2D eigenvalue weighted by molar-refractivity contribution is 6.12. The lowest BCUT2D eigenvalue weighted by atomic mass is 10.1. The van der Waals surface area contributed by atoms with E-state index in [0.29, 0.717) is 0 Å². The van der Waals surface area contributed by atoms with Gasteiger partial charge in [0.1, 0.15) is 11.5 Å². The van der Waals surface area contributed by atoms with E-state index >= 15 is 0 Å². The molecular weight excluding hydrogens is 258 g/mol. The van der Waals surface area contributed by atoms with Gasteiger partial charge >= 0.3 is 0 Å². The van der Waals surface area contributed by atoms with Crippen LogP contribution in [0.2, 0.25) is 0 Å². The maximum absolute atomic E-state index is 4.69. The first-order valence-electron chi connectivity index (χ1n) is 7.04. The molecule has 102 valence electrons. The molecule has 0 atom stereocenters. The van der Waals surface area contributed by atoms with E-state index in [1.54, 1.807) is 0 Å². The van der Waals surface area contributed by atoms with E-state index in [0.717, 1.165) is 33.6 Å². The number of aromatic nitrogens is 3. The molecular formula is C18H15N3. The lowest BCUT2D eigenvalue weighted by Crippen LogP contribution is -1.92.